The first-order valence-electron chi connectivity index (χ1n) is 10.3. The van der Waals surface area contributed by atoms with Crippen LogP contribution in [0.1, 0.15) is 46.6 Å². The van der Waals surface area contributed by atoms with Crippen molar-refractivity contribution in [3.8, 4) is 5.75 Å². The molecule has 0 bridgehead atoms. The van der Waals surface area contributed by atoms with Crippen molar-refractivity contribution in [2.75, 3.05) is 13.7 Å². The maximum Gasteiger partial charge on any atom is 0.270 e. The van der Waals surface area contributed by atoms with E-state index in [1.54, 1.807) is 24.3 Å². The molecule has 158 valence electrons. The summed E-state index contributed by atoms with van der Waals surface area (Å²) in [5, 5.41) is 0.873. The Bertz CT molecular complexity index is 1250. The number of H-pyrrole nitrogens is 1. The van der Waals surface area contributed by atoms with E-state index in [9.17, 15) is 9.18 Å². The molecule has 1 N–H and O–H groups in total. The van der Waals surface area contributed by atoms with Gasteiger partial charge in [-0.2, -0.15) is 0 Å². The first-order chi connectivity index (χ1) is 15.1. The van der Waals surface area contributed by atoms with Gasteiger partial charge in [0.1, 0.15) is 29.1 Å². The highest BCUT2D eigenvalue weighted by Crippen LogP contribution is 2.34. The largest absolute Gasteiger partial charge is 0.496 e. The summed E-state index contributed by atoms with van der Waals surface area (Å²) in [5.74, 6) is 1.52. The minimum absolute atomic E-state index is 0.0920. The van der Waals surface area contributed by atoms with Crippen molar-refractivity contribution in [3.63, 3.8) is 0 Å². The van der Waals surface area contributed by atoms with Gasteiger partial charge in [-0.25, -0.2) is 9.37 Å². The van der Waals surface area contributed by atoms with Gasteiger partial charge >= 0.3 is 0 Å². The van der Waals surface area contributed by atoms with Crippen molar-refractivity contribution in [2.45, 2.75) is 25.3 Å². The SMILES string of the molecule is COc1cccc2[nH]c(C(=O)N3CCC[C@@H]3c3ncc(Cc4cccc(F)c4)o3)cc12. The number of halogens is 1. The van der Waals surface area contributed by atoms with Gasteiger partial charge in [0.05, 0.1) is 13.3 Å². The molecule has 1 aliphatic rings. The van der Waals surface area contributed by atoms with E-state index in [4.69, 9.17) is 9.15 Å². The average molecular weight is 419 g/mol. The highest BCUT2D eigenvalue weighted by molar-refractivity contribution is 6.00. The number of aromatic amines is 1. The number of ether oxygens (including phenoxy) is 1. The Hall–Kier alpha value is -3.61. The molecule has 1 saturated heterocycles. The van der Waals surface area contributed by atoms with Crippen LogP contribution >= 0.6 is 0 Å². The van der Waals surface area contributed by atoms with Crippen LogP contribution in [-0.4, -0.2) is 34.4 Å². The molecule has 5 rings (SSSR count). The number of nitrogens with one attached hydrogen (secondary N) is 1. The van der Waals surface area contributed by atoms with E-state index >= 15 is 0 Å². The smallest absolute Gasteiger partial charge is 0.270 e. The highest BCUT2D eigenvalue weighted by atomic mass is 19.1. The van der Waals surface area contributed by atoms with Crippen LogP contribution < -0.4 is 4.74 Å². The third-order valence-electron chi connectivity index (χ3n) is 5.71. The van der Waals surface area contributed by atoms with Gasteiger partial charge in [-0.1, -0.05) is 18.2 Å². The van der Waals surface area contributed by atoms with Gasteiger partial charge in [-0.15, -0.1) is 0 Å². The molecule has 4 aromatic rings. The van der Waals surface area contributed by atoms with Crippen LogP contribution in [0.5, 0.6) is 5.75 Å². The van der Waals surface area contributed by atoms with E-state index in [-0.39, 0.29) is 17.8 Å². The summed E-state index contributed by atoms with van der Waals surface area (Å²) in [6, 6.07) is 13.7. The summed E-state index contributed by atoms with van der Waals surface area (Å²) >= 11 is 0. The fourth-order valence-electron chi connectivity index (χ4n) is 4.25. The van der Waals surface area contributed by atoms with Gasteiger partial charge < -0.3 is 19.0 Å². The minimum Gasteiger partial charge on any atom is -0.496 e. The van der Waals surface area contributed by atoms with E-state index in [0.717, 1.165) is 35.1 Å². The molecular weight excluding hydrogens is 397 g/mol. The number of carbonyl (C=O) groups excluding carboxylic acids is 1. The normalized spacial score (nSPS) is 16.2. The molecule has 0 saturated carbocycles. The van der Waals surface area contributed by atoms with Crippen molar-refractivity contribution in [3.05, 3.63) is 83.5 Å². The van der Waals surface area contributed by atoms with E-state index < -0.39 is 0 Å². The van der Waals surface area contributed by atoms with Crippen molar-refractivity contribution in [1.82, 2.24) is 14.9 Å². The Balaban J connectivity index is 1.37. The molecule has 0 radical (unpaired) electrons. The molecule has 1 amide bonds. The Morgan fingerprint density at radius 3 is 3.00 bits per heavy atom. The number of nitrogens with zero attached hydrogens (tertiary/aromatic N) is 2. The monoisotopic (exact) mass is 419 g/mol. The average Bonchev–Trinajstić information content (AvgIpc) is 3.51. The number of oxazole rings is 1. The number of benzene rings is 2. The van der Waals surface area contributed by atoms with Crippen LogP contribution in [0.4, 0.5) is 4.39 Å². The Morgan fingerprint density at radius 1 is 1.29 bits per heavy atom. The predicted molar refractivity (Wildman–Crippen MR) is 114 cm³/mol. The molecule has 2 aromatic heterocycles. The number of hydrogen-bond acceptors (Lipinski definition) is 4. The summed E-state index contributed by atoms with van der Waals surface area (Å²) in [4.78, 5) is 22.7. The van der Waals surface area contributed by atoms with Crippen LogP contribution in [0.2, 0.25) is 0 Å². The van der Waals surface area contributed by atoms with Gasteiger partial charge in [0, 0.05) is 23.9 Å². The molecule has 7 heteroatoms. The molecule has 1 aliphatic heterocycles. The maximum absolute atomic E-state index is 13.4. The molecule has 1 fully saturated rings. The standard InChI is InChI=1S/C24H22FN3O3/c1-30-22-9-3-7-19-18(22)13-20(27-19)24(29)28-10-4-8-21(28)23-26-14-17(31-23)12-15-5-2-6-16(25)11-15/h2-3,5-7,9,11,13-14,21,27H,4,8,10,12H2,1H3/t21-/m1/s1. The lowest BCUT2D eigenvalue weighted by Gasteiger charge is -2.21. The molecule has 0 aliphatic carbocycles. The fraction of sp³-hybridized carbons (Fsp3) is 0.250. The van der Waals surface area contributed by atoms with Crippen molar-refractivity contribution < 1.29 is 18.3 Å². The minimum atomic E-state index is -0.278. The molecule has 0 unspecified atom stereocenters. The Morgan fingerprint density at radius 2 is 2.16 bits per heavy atom. The molecule has 2 aromatic carbocycles. The molecule has 6 nitrogen and oxygen atoms in total. The Kier molecular flexibility index (Phi) is 4.94. The third kappa shape index (κ3) is 3.67. The topological polar surface area (TPSA) is 71.4 Å². The summed E-state index contributed by atoms with van der Waals surface area (Å²) in [6.07, 6.45) is 3.78. The first-order valence-corrected chi connectivity index (χ1v) is 10.3. The van der Waals surface area contributed by atoms with E-state index in [0.29, 0.717) is 30.3 Å². The van der Waals surface area contributed by atoms with Crippen LogP contribution in [0.3, 0.4) is 0 Å². The lowest BCUT2D eigenvalue weighted by Crippen LogP contribution is -2.30. The molecule has 31 heavy (non-hydrogen) atoms. The quantitative estimate of drug-likeness (QED) is 0.501. The summed E-state index contributed by atoms with van der Waals surface area (Å²) in [7, 11) is 1.61. The number of hydrogen-bond donors (Lipinski definition) is 1. The molecule has 1 atom stereocenters. The second-order valence-corrected chi connectivity index (χ2v) is 7.73. The van der Waals surface area contributed by atoms with Gasteiger partial charge in [0.2, 0.25) is 5.89 Å². The fourth-order valence-corrected chi connectivity index (χ4v) is 4.25. The summed E-state index contributed by atoms with van der Waals surface area (Å²) < 4.78 is 24.8. The lowest BCUT2D eigenvalue weighted by atomic mass is 10.1. The number of carbonyl (C=O) groups is 1. The zero-order valence-electron chi connectivity index (χ0n) is 17.1. The predicted octanol–water partition coefficient (Wildman–Crippen LogP) is 4.87. The second-order valence-electron chi connectivity index (χ2n) is 7.73. The van der Waals surface area contributed by atoms with Gasteiger partial charge in [-0.05, 0) is 48.7 Å². The summed E-state index contributed by atoms with van der Waals surface area (Å²) in [6.45, 7) is 0.637. The molecule has 3 heterocycles. The van der Waals surface area contributed by atoms with Crippen molar-refractivity contribution in [2.24, 2.45) is 0 Å². The van der Waals surface area contributed by atoms with E-state index in [2.05, 4.69) is 9.97 Å². The number of methoxy groups -OCH3 is 1. The third-order valence-corrected chi connectivity index (χ3v) is 5.71. The maximum atomic E-state index is 13.4. The van der Waals surface area contributed by atoms with Gasteiger partial charge in [-0.3, -0.25) is 4.79 Å². The first kappa shape index (κ1) is 19.4. The highest BCUT2D eigenvalue weighted by Gasteiger charge is 2.34. The van der Waals surface area contributed by atoms with E-state index in [1.165, 1.54) is 12.1 Å². The van der Waals surface area contributed by atoms with E-state index in [1.807, 2.05) is 30.3 Å². The van der Waals surface area contributed by atoms with Crippen LogP contribution in [0, 0.1) is 5.82 Å². The van der Waals surface area contributed by atoms with Crippen molar-refractivity contribution in [1.29, 1.82) is 0 Å². The number of amides is 1. The van der Waals surface area contributed by atoms with Crippen molar-refractivity contribution >= 4 is 16.8 Å². The number of fused-ring (bicyclic) bond motifs is 1. The lowest BCUT2D eigenvalue weighted by molar-refractivity contribution is 0.0709. The van der Waals surface area contributed by atoms with Gasteiger partial charge in [0.25, 0.3) is 5.91 Å². The molecular formula is C24H22FN3O3. The van der Waals surface area contributed by atoms with Crippen LogP contribution in [0.25, 0.3) is 10.9 Å². The van der Waals surface area contributed by atoms with Crippen LogP contribution in [-0.2, 0) is 6.42 Å². The number of aromatic nitrogens is 2. The zero-order valence-corrected chi connectivity index (χ0v) is 17.1. The second kappa shape index (κ2) is 7.91. The Labute approximate surface area is 178 Å². The van der Waals surface area contributed by atoms with Crippen LogP contribution in [0.15, 0.2) is 59.1 Å². The summed E-state index contributed by atoms with van der Waals surface area (Å²) in [5.41, 5.74) is 2.18. The van der Waals surface area contributed by atoms with Gasteiger partial charge in [0.15, 0.2) is 0 Å². The number of rotatable bonds is 5. The number of likely N-dealkylation sites (tertiary alicyclic amines) is 1. The zero-order chi connectivity index (χ0) is 21.4. The molecule has 0 spiro atoms.